The zero-order valence-corrected chi connectivity index (χ0v) is 22.5. The molecule has 0 spiro atoms. The number of imidazole rings is 1. The van der Waals surface area contributed by atoms with Gasteiger partial charge in [-0.1, -0.05) is 82.5 Å². The van der Waals surface area contributed by atoms with Crippen molar-refractivity contribution in [2.24, 2.45) is 12.5 Å². The second-order valence-corrected chi connectivity index (χ2v) is 9.89. The van der Waals surface area contributed by atoms with E-state index in [1.165, 1.54) is 5.69 Å². The molecular weight excluding hydrogens is 452 g/mol. The second kappa shape index (κ2) is 11.4. The summed E-state index contributed by atoms with van der Waals surface area (Å²) in [6, 6.07) is 12.0. The molecule has 4 rings (SSSR count). The van der Waals surface area contributed by atoms with Crippen LogP contribution >= 0.6 is 11.6 Å². The topological polar surface area (TPSA) is 42.7 Å². The number of fused-ring (bicyclic) bond motifs is 1. The number of anilines is 1. The Kier molecular flexibility index (Phi) is 8.59. The van der Waals surface area contributed by atoms with E-state index in [4.69, 9.17) is 16.6 Å². The highest BCUT2D eigenvalue weighted by atomic mass is 35.5. The summed E-state index contributed by atoms with van der Waals surface area (Å²) in [4.78, 5) is 9.38. The molecule has 1 aromatic carbocycles. The average molecular weight is 487 g/mol. The number of benzene rings is 1. The standard InChI is InChI=1S/C28H29ClN4.C2H6/c1-19(28(2,3)4)31-27-32-25-17-20(7-6-8-26(25)33(27)5)9-15-24-16-12-22(18-30-24)21-10-13-23(29)14-11-21;1-2/h6-7,10-14,16-19H,8H2,1-5H3,(H,31,32);1-2H3. The van der Waals surface area contributed by atoms with Crippen molar-refractivity contribution in [3.63, 3.8) is 0 Å². The Morgan fingerprint density at radius 3 is 2.34 bits per heavy atom. The van der Waals surface area contributed by atoms with Gasteiger partial charge in [0.05, 0.1) is 11.4 Å². The van der Waals surface area contributed by atoms with Gasteiger partial charge >= 0.3 is 0 Å². The normalized spacial score (nSPS) is 13.3. The highest BCUT2D eigenvalue weighted by molar-refractivity contribution is 6.30. The summed E-state index contributed by atoms with van der Waals surface area (Å²) < 4.78 is 2.14. The average Bonchev–Trinajstić information content (AvgIpc) is 3.00. The maximum Gasteiger partial charge on any atom is 0.203 e. The zero-order valence-electron chi connectivity index (χ0n) is 21.8. The van der Waals surface area contributed by atoms with Gasteiger partial charge in [-0.25, -0.2) is 9.97 Å². The Morgan fingerprint density at radius 1 is 1.03 bits per heavy atom. The lowest BCUT2D eigenvalue weighted by atomic mass is 9.88. The number of nitrogens with zero attached hydrogens (tertiary/aromatic N) is 3. The number of nitrogens with one attached hydrogen (secondary N) is 1. The van der Waals surface area contributed by atoms with Crippen LogP contribution in [-0.4, -0.2) is 20.6 Å². The number of rotatable bonds is 3. The fourth-order valence-corrected chi connectivity index (χ4v) is 3.56. The van der Waals surface area contributed by atoms with E-state index < -0.39 is 0 Å². The van der Waals surface area contributed by atoms with Crippen LogP contribution in [0.3, 0.4) is 0 Å². The van der Waals surface area contributed by atoms with Crippen molar-refractivity contribution >= 4 is 23.6 Å². The van der Waals surface area contributed by atoms with Gasteiger partial charge in [-0.05, 0) is 48.1 Å². The summed E-state index contributed by atoms with van der Waals surface area (Å²) in [6.07, 6.45) is 8.92. The van der Waals surface area contributed by atoms with Gasteiger partial charge < -0.3 is 9.88 Å². The Labute approximate surface area is 215 Å². The zero-order chi connectivity index (χ0) is 25.6. The third-order valence-corrected chi connectivity index (χ3v) is 6.32. The van der Waals surface area contributed by atoms with Crippen LogP contribution in [0.2, 0.25) is 5.02 Å². The lowest BCUT2D eigenvalue weighted by Gasteiger charge is -2.28. The van der Waals surface area contributed by atoms with Gasteiger partial charge in [-0.2, -0.15) is 0 Å². The van der Waals surface area contributed by atoms with Crippen LogP contribution in [0.4, 0.5) is 5.95 Å². The number of halogens is 1. The molecule has 1 N–H and O–H groups in total. The summed E-state index contributed by atoms with van der Waals surface area (Å²) in [7, 11) is 2.06. The van der Waals surface area contributed by atoms with Gasteiger partial charge in [0.1, 0.15) is 5.69 Å². The molecule has 2 aromatic heterocycles. The van der Waals surface area contributed by atoms with Crippen LogP contribution in [0.1, 0.15) is 58.6 Å². The fourth-order valence-electron chi connectivity index (χ4n) is 3.44. The SMILES string of the molecule is CC.CC(Nc1nc2c(n1C)CC=CC(C#Cc1ccc(-c3ccc(Cl)cc3)cn1)=C2)C(C)(C)C. The molecule has 0 bridgehead atoms. The van der Waals surface area contributed by atoms with Crippen molar-refractivity contribution in [1.29, 1.82) is 0 Å². The van der Waals surface area contributed by atoms with Gasteiger partial charge in [0.25, 0.3) is 0 Å². The maximum absolute atomic E-state index is 5.98. The smallest absolute Gasteiger partial charge is 0.203 e. The molecule has 182 valence electrons. The first-order chi connectivity index (χ1) is 16.7. The van der Waals surface area contributed by atoms with Gasteiger partial charge in [0.15, 0.2) is 0 Å². The molecule has 1 atom stereocenters. The maximum atomic E-state index is 5.98. The van der Waals surface area contributed by atoms with E-state index in [0.717, 1.165) is 45.5 Å². The van der Waals surface area contributed by atoms with Crippen molar-refractivity contribution in [1.82, 2.24) is 14.5 Å². The highest BCUT2D eigenvalue weighted by Crippen LogP contribution is 2.26. The van der Waals surface area contributed by atoms with E-state index >= 15 is 0 Å². The molecule has 0 saturated carbocycles. The quantitative estimate of drug-likeness (QED) is 0.388. The summed E-state index contributed by atoms with van der Waals surface area (Å²) in [6.45, 7) is 12.9. The summed E-state index contributed by atoms with van der Waals surface area (Å²) in [5.74, 6) is 7.33. The van der Waals surface area contributed by atoms with E-state index in [-0.39, 0.29) is 5.41 Å². The summed E-state index contributed by atoms with van der Waals surface area (Å²) in [5.41, 5.74) is 6.05. The Balaban J connectivity index is 0.00000167. The van der Waals surface area contributed by atoms with Crippen LogP contribution in [0.15, 0.2) is 60.3 Å². The first-order valence-corrected chi connectivity index (χ1v) is 12.5. The molecule has 0 aliphatic heterocycles. The summed E-state index contributed by atoms with van der Waals surface area (Å²) in [5, 5.41) is 4.29. The van der Waals surface area contributed by atoms with Crippen molar-refractivity contribution in [3.05, 3.63) is 82.4 Å². The Morgan fingerprint density at radius 2 is 1.71 bits per heavy atom. The van der Waals surface area contributed by atoms with Gasteiger partial charge in [0.2, 0.25) is 5.95 Å². The minimum Gasteiger partial charge on any atom is -0.353 e. The van der Waals surface area contributed by atoms with Crippen LogP contribution < -0.4 is 5.32 Å². The molecule has 5 heteroatoms. The highest BCUT2D eigenvalue weighted by Gasteiger charge is 2.22. The van der Waals surface area contributed by atoms with Crippen LogP contribution in [0.25, 0.3) is 17.2 Å². The van der Waals surface area contributed by atoms with Crippen LogP contribution in [0.5, 0.6) is 0 Å². The van der Waals surface area contributed by atoms with E-state index in [1.807, 2.05) is 56.4 Å². The predicted molar refractivity (Wildman–Crippen MR) is 149 cm³/mol. The first kappa shape index (κ1) is 26.3. The molecule has 0 saturated heterocycles. The molecule has 0 amide bonds. The lowest BCUT2D eigenvalue weighted by Crippen LogP contribution is -2.31. The first-order valence-electron chi connectivity index (χ1n) is 12.1. The van der Waals surface area contributed by atoms with E-state index in [9.17, 15) is 0 Å². The molecule has 1 unspecified atom stereocenters. The van der Waals surface area contributed by atoms with Crippen molar-refractivity contribution < 1.29 is 0 Å². The summed E-state index contributed by atoms with van der Waals surface area (Å²) >= 11 is 5.98. The van der Waals surface area contributed by atoms with Gasteiger partial charge in [-0.3, -0.25) is 0 Å². The Bertz CT molecular complexity index is 1260. The largest absolute Gasteiger partial charge is 0.353 e. The Hall–Kier alpha value is -3.29. The lowest BCUT2D eigenvalue weighted by molar-refractivity contribution is 0.357. The predicted octanol–water partition coefficient (Wildman–Crippen LogP) is 7.56. The molecule has 35 heavy (non-hydrogen) atoms. The van der Waals surface area contributed by atoms with E-state index in [0.29, 0.717) is 6.04 Å². The third-order valence-electron chi connectivity index (χ3n) is 6.07. The molecule has 2 heterocycles. The van der Waals surface area contributed by atoms with Crippen molar-refractivity contribution in [2.45, 2.75) is 54.0 Å². The number of allylic oxidation sites excluding steroid dienone is 3. The third kappa shape index (κ3) is 6.65. The molecule has 1 aliphatic carbocycles. The number of hydrogen-bond donors (Lipinski definition) is 1. The minimum atomic E-state index is 0.145. The number of aromatic nitrogens is 3. The van der Waals surface area contributed by atoms with Crippen LogP contribution in [-0.2, 0) is 13.5 Å². The molecular formula is C30H35ClN4. The number of pyridine rings is 1. The van der Waals surface area contributed by atoms with Crippen LogP contribution in [0, 0.1) is 17.3 Å². The molecule has 0 radical (unpaired) electrons. The second-order valence-electron chi connectivity index (χ2n) is 9.45. The van der Waals surface area contributed by atoms with E-state index in [2.05, 4.69) is 79.7 Å². The van der Waals surface area contributed by atoms with E-state index in [1.54, 1.807) is 0 Å². The monoisotopic (exact) mass is 486 g/mol. The van der Waals surface area contributed by atoms with Gasteiger partial charge in [0, 0.05) is 41.9 Å². The minimum absolute atomic E-state index is 0.145. The van der Waals surface area contributed by atoms with Crippen molar-refractivity contribution in [3.8, 4) is 23.0 Å². The molecule has 0 fully saturated rings. The van der Waals surface area contributed by atoms with Crippen molar-refractivity contribution in [2.75, 3.05) is 5.32 Å². The number of hydrogen-bond acceptors (Lipinski definition) is 3. The van der Waals surface area contributed by atoms with Gasteiger partial charge in [-0.15, -0.1) is 0 Å². The fraction of sp³-hybridized carbons (Fsp3) is 0.333. The molecule has 4 nitrogen and oxygen atoms in total. The molecule has 1 aliphatic rings. The molecule has 3 aromatic rings.